The van der Waals surface area contributed by atoms with Crippen molar-refractivity contribution in [1.82, 2.24) is 18.6 Å². The number of ether oxygens (including phenoxy) is 1. The fraction of sp³-hybridized carbons (Fsp3) is 0.714. The molecule has 1 aromatic rings. The Bertz CT molecular complexity index is 623. The van der Waals surface area contributed by atoms with E-state index in [9.17, 15) is 8.42 Å². The maximum atomic E-state index is 12.9. The fourth-order valence-electron chi connectivity index (χ4n) is 3.10. The minimum Gasteiger partial charge on any atom is -0.379 e. The van der Waals surface area contributed by atoms with Gasteiger partial charge in [-0.15, -0.1) is 0 Å². The molecule has 2 aliphatic rings. The van der Waals surface area contributed by atoms with Crippen molar-refractivity contribution in [1.29, 1.82) is 0 Å². The first-order valence-electron chi connectivity index (χ1n) is 7.65. The minimum absolute atomic E-state index is 0.258. The lowest BCUT2D eigenvalue weighted by molar-refractivity contribution is 0.0698. The van der Waals surface area contributed by atoms with Crippen LogP contribution in [0.1, 0.15) is 36.1 Å². The molecule has 0 spiro atoms. The van der Waals surface area contributed by atoms with Gasteiger partial charge in [0.05, 0.1) is 19.3 Å². The number of morpholine rings is 1. The molecule has 0 N–H and O–H groups in total. The second-order valence-corrected chi connectivity index (χ2v) is 7.68. The van der Waals surface area contributed by atoms with Gasteiger partial charge in [0.25, 0.3) is 10.2 Å². The Morgan fingerprint density at radius 3 is 2.41 bits per heavy atom. The standard InChI is InChI=1S/C14H22N4O3S/c1-11-10-12(2)16-14(15-11)13-4-3-5-18(13)22(19,20)17-6-8-21-9-7-17/h10,13H,3-9H2,1-2H3/t13-/m0/s1. The van der Waals surface area contributed by atoms with Crippen molar-refractivity contribution >= 4 is 10.2 Å². The largest absolute Gasteiger partial charge is 0.379 e. The van der Waals surface area contributed by atoms with Gasteiger partial charge in [-0.05, 0) is 32.8 Å². The molecule has 0 amide bonds. The summed E-state index contributed by atoms with van der Waals surface area (Å²) >= 11 is 0. The maximum Gasteiger partial charge on any atom is 0.282 e. The van der Waals surface area contributed by atoms with E-state index in [4.69, 9.17) is 4.74 Å². The van der Waals surface area contributed by atoms with Gasteiger partial charge in [0.2, 0.25) is 0 Å². The second-order valence-electron chi connectivity index (χ2n) is 5.80. The van der Waals surface area contributed by atoms with Gasteiger partial charge < -0.3 is 4.74 Å². The van der Waals surface area contributed by atoms with Crippen molar-refractivity contribution < 1.29 is 13.2 Å². The minimum atomic E-state index is -3.48. The summed E-state index contributed by atoms with van der Waals surface area (Å²) in [6, 6.07) is 1.64. The van der Waals surface area contributed by atoms with Crippen LogP contribution in [0, 0.1) is 13.8 Å². The first kappa shape index (κ1) is 15.8. The van der Waals surface area contributed by atoms with Gasteiger partial charge in [0.15, 0.2) is 0 Å². The first-order chi connectivity index (χ1) is 10.5. The molecule has 0 unspecified atom stereocenters. The Labute approximate surface area is 131 Å². The lowest BCUT2D eigenvalue weighted by Crippen LogP contribution is -2.48. The predicted molar refractivity (Wildman–Crippen MR) is 81.5 cm³/mol. The third-order valence-electron chi connectivity index (χ3n) is 4.09. The third kappa shape index (κ3) is 3.01. The molecule has 1 aromatic heterocycles. The van der Waals surface area contributed by atoms with E-state index in [1.165, 1.54) is 4.31 Å². The topological polar surface area (TPSA) is 75.6 Å². The van der Waals surface area contributed by atoms with Crippen LogP contribution in [0.2, 0.25) is 0 Å². The van der Waals surface area contributed by atoms with E-state index in [1.807, 2.05) is 19.9 Å². The molecule has 7 nitrogen and oxygen atoms in total. The van der Waals surface area contributed by atoms with Gasteiger partial charge in [-0.3, -0.25) is 0 Å². The van der Waals surface area contributed by atoms with Crippen molar-refractivity contribution in [2.24, 2.45) is 0 Å². The summed E-state index contributed by atoms with van der Waals surface area (Å²) in [7, 11) is -3.48. The van der Waals surface area contributed by atoms with Gasteiger partial charge in [-0.1, -0.05) is 0 Å². The van der Waals surface area contributed by atoms with Crippen molar-refractivity contribution in [3.8, 4) is 0 Å². The summed E-state index contributed by atoms with van der Waals surface area (Å²) < 4.78 is 34.1. The van der Waals surface area contributed by atoms with Crippen LogP contribution in [-0.2, 0) is 14.9 Å². The highest BCUT2D eigenvalue weighted by atomic mass is 32.2. The van der Waals surface area contributed by atoms with Gasteiger partial charge in [0, 0.05) is 31.0 Å². The van der Waals surface area contributed by atoms with Crippen LogP contribution in [0.4, 0.5) is 0 Å². The molecule has 8 heteroatoms. The molecule has 1 atom stereocenters. The Morgan fingerprint density at radius 2 is 1.77 bits per heavy atom. The van der Waals surface area contributed by atoms with Crippen molar-refractivity contribution in [2.75, 3.05) is 32.8 Å². The smallest absolute Gasteiger partial charge is 0.282 e. The van der Waals surface area contributed by atoms with Crippen LogP contribution < -0.4 is 0 Å². The molecule has 0 radical (unpaired) electrons. The van der Waals surface area contributed by atoms with Crippen LogP contribution in [0.3, 0.4) is 0 Å². The molecule has 0 aliphatic carbocycles. The summed E-state index contributed by atoms with van der Waals surface area (Å²) in [6.45, 7) is 6.09. The van der Waals surface area contributed by atoms with Crippen LogP contribution in [-0.4, -0.2) is 59.8 Å². The molecular weight excluding hydrogens is 304 g/mol. The number of nitrogens with zero attached hydrogens (tertiary/aromatic N) is 4. The molecule has 0 saturated carbocycles. The highest BCUT2D eigenvalue weighted by Crippen LogP contribution is 2.33. The maximum absolute atomic E-state index is 12.9. The lowest BCUT2D eigenvalue weighted by atomic mass is 10.2. The molecule has 22 heavy (non-hydrogen) atoms. The fourth-order valence-corrected chi connectivity index (χ4v) is 4.89. The summed E-state index contributed by atoms with van der Waals surface area (Å²) in [5.41, 5.74) is 1.75. The number of hydrogen-bond acceptors (Lipinski definition) is 5. The number of aryl methyl sites for hydroxylation is 2. The number of rotatable bonds is 3. The van der Waals surface area contributed by atoms with Crippen LogP contribution in [0.25, 0.3) is 0 Å². The molecule has 2 fully saturated rings. The van der Waals surface area contributed by atoms with E-state index in [0.717, 1.165) is 24.2 Å². The van der Waals surface area contributed by atoms with Crippen molar-refractivity contribution in [3.63, 3.8) is 0 Å². The molecule has 0 bridgehead atoms. The average molecular weight is 326 g/mol. The lowest BCUT2D eigenvalue weighted by Gasteiger charge is -2.32. The highest BCUT2D eigenvalue weighted by Gasteiger charge is 2.40. The van der Waals surface area contributed by atoms with Gasteiger partial charge >= 0.3 is 0 Å². The van der Waals surface area contributed by atoms with E-state index in [-0.39, 0.29) is 6.04 Å². The Hall–Kier alpha value is -1.09. The van der Waals surface area contributed by atoms with E-state index in [2.05, 4.69) is 9.97 Å². The van der Waals surface area contributed by atoms with Crippen LogP contribution in [0.5, 0.6) is 0 Å². The quantitative estimate of drug-likeness (QED) is 0.821. The zero-order valence-corrected chi connectivity index (χ0v) is 13.8. The highest BCUT2D eigenvalue weighted by molar-refractivity contribution is 7.86. The van der Waals surface area contributed by atoms with E-state index >= 15 is 0 Å². The third-order valence-corrected chi connectivity index (χ3v) is 6.14. The first-order valence-corrected chi connectivity index (χ1v) is 9.05. The zero-order valence-electron chi connectivity index (χ0n) is 13.0. The SMILES string of the molecule is Cc1cc(C)nc([C@@H]2CCCN2S(=O)(=O)N2CCOCC2)n1. The van der Waals surface area contributed by atoms with E-state index in [1.54, 1.807) is 4.31 Å². The van der Waals surface area contributed by atoms with Gasteiger partial charge in [0.1, 0.15) is 5.82 Å². The van der Waals surface area contributed by atoms with Crippen LogP contribution >= 0.6 is 0 Å². The predicted octanol–water partition coefficient (Wildman–Crippen LogP) is 0.807. The van der Waals surface area contributed by atoms with Gasteiger partial charge in [-0.2, -0.15) is 17.0 Å². The van der Waals surface area contributed by atoms with E-state index < -0.39 is 10.2 Å². The molecular formula is C14H22N4O3S. The summed E-state index contributed by atoms with van der Waals surface area (Å²) in [4.78, 5) is 8.93. The monoisotopic (exact) mass is 326 g/mol. The van der Waals surface area contributed by atoms with Crippen LogP contribution in [0.15, 0.2) is 6.07 Å². The Balaban J connectivity index is 1.89. The normalized spacial score (nSPS) is 24.7. The molecule has 2 aliphatic heterocycles. The molecule has 3 heterocycles. The number of hydrogen-bond donors (Lipinski definition) is 0. The zero-order chi connectivity index (χ0) is 15.7. The molecule has 2 saturated heterocycles. The van der Waals surface area contributed by atoms with Crippen molar-refractivity contribution in [3.05, 3.63) is 23.3 Å². The second kappa shape index (κ2) is 6.19. The summed E-state index contributed by atoms with van der Waals surface area (Å²) in [5, 5.41) is 0. The average Bonchev–Trinajstić information content (AvgIpc) is 2.97. The Morgan fingerprint density at radius 1 is 1.14 bits per heavy atom. The van der Waals surface area contributed by atoms with Crippen molar-refractivity contribution in [2.45, 2.75) is 32.7 Å². The summed E-state index contributed by atoms with van der Waals surface area (Å²) in [5.74, 6) is 0.617. The van der Waals surface area contributed by atoms with Gasteiger partial charge in [-0.25, -0.2) is 9.97 Å². The number of aromatic nitrogens is 2. The molecule has 0 aromatic carbocycles. The summed E-state index contributed by atoms with van der Waals surface area (Å²) in [6.07, 6.45) is 1.61. The molecule has 3 rings (SSSR count). The Kier molecular flexibility index (Phi) is 4.44. The van der Waals surface area contributed by atoms with E-state index in [0.29, 0.717) is 38.7 Å². The molecule has 122 valence electrons.